The van der Waals surface area contributed by atoms with Crippen molar-refractivity contribution in [3.05, 3.63) is 64.9 Å². The van der Waals surface area contributed by atoms with Gasteiger partial charge in [-0.15, -0.1) is 0 Å². The first kappa shape index (κ1) is 21.2. The number of amides is 1. The zero-order valence-electron chi connectivity index (χ0n) is 15.2. The van der Waals surface area contributed by atoms with Crippen LogP contribution in [0.1, 0.15) is 15.9 Å². The molecular formula is C19H13ClF3N3O4. The van der Waals surface area contributed by atoms with Crippen molar-refractivity contribution in [3.63, 3.8) is 0 Å². The summed E-state index contributed by atoms with van der Waals surface area (Å²) in [6.45, 7) is 0. The molecule has 7 nitrogen and oxygen atoms in total. The molecule has 0 saturated carbocycles. The molecule has 3 rings (SSSR count). The Kier molecular flexibility index (Phi) is 5.70. The van der Waals surface area contributed by atoms with Gasteiger partial charge in [0.1, 0.15) is 5.75 Å². The highest BCUT2D eigenvalue weighted by Crippen LogP contribution is 2.40. The number of carboxylic acids is 1. The highest BCUT2D eigenvalue weighted by molar-refractivity contribution is 6.30. The van der Waals surface area contributed by atoms with Crippen LogP contribution in [0.2, 0.25) is 5.02 Å². The van der Waals surface area contributed by atoms with Gasteiger partial charge in [-0.1, -0.05) is 11.6 Å². The van der Waals surface area contributed by atoms with Crippen molar-refractivity contribution in [1.82, 2.24) is 9.78 Å². The van der Waals surface area contributed by atoms with Crippen molar-refractivity contribution in [3.8, 4) is 16.9 Å². The Morgan fingerprint density at radius 3 is 2.40 bits per heavy atom. The first-order chi connectivity index (χ1) is 14.0. The third kappa shape index (κ3) is 4.71. The van der Waals surface area contributed by atoms with E-state index in [1.165, 1.54) is 48.4 Å². The van der Waals surface area contributed by atoms with Crippen LogP contribution in [0.4, 0.5) is 23.7 Å². The molecule has 11 heteroatoms. The molecule has 0 saturated heterocycles. The maximum absolute atomic E-state index is 13.6. The lowest BCUT2D eigenvalue weighted by atomic mass is 9.97. The number of carboxylic acid groups (broad SMARTS) is 1. The summed E-state index contributed by atoms with van der Waals surface area (Å²) < 4.78 is 47.2. The summed E-state index contributed by atoms with van der Waals surface area (Å²) in [6.07, 6.45) is -3.49. The topological polar surface area (TPSA) is 93.5 Å². The van der Waals surface area contributed by atoms with E-state index in [9.17, 15) is 27.9 Å². The quantitative estimate of drug-likeness (QED) is 0.592. The number of hydrogen-bond acceptors (Lipinski definition) is 4. The standard InChI is InChI=1S/C19H13ClF3N3O4/c1-26-9-10(8-24-26)13-6-14(17(27)28)16(7-15(13)19(21,22)23)25-18(29)30-12-4-2-11(20)3-5-12/h2-9H,1H3,(H,25,29)(H,27,28). The fraction of sp³-hybridized carbons (Fsp3) is 0.105. The van der Waals surface area contributed by atoms with Crippen molar-refractivity contribution in [1.29, 1.82) is 0 Å². The Balaban J connectivity index is 2.01. The number of aromatic nitrogens is 2. The smallest absolute Gasteiger partial charge is 0.417 e. The van der Waals surface area contributed by atoms with Gasteiger partial charge in [0.2, 0.25) is 0 Å². The maximum atomic E-state index is 13.6. The van der Waals surface area contributed by atoms with Gasteiger partial charge in [-0.2, -0.15) is 18.3 Å². The van der Waals surface area contributed by atoms with Crippen LogP contribution in [-0.2, 0) is 13.2 Å². The highest BCUT2D eigenvalue weighted by Gasteiger charge is 2.36. The summed E-state index contributed by atoms with van der Waals surface area (Å²) in [5.41, 5.74) is -2.56. The van der Waals surface area contributed by atoms with Crippen LogP contribution in [0, 0.1) is 0 Å². The first-order valence-electron chi connectivity index (χ1n) is 8.26. The third-order valence-electron chi connectivity index (χ3n) is 3.97. The SMILES string of the molecule is Cn1cc(-c2cc(C(=O)O)c(NC(=O)Oc3ccc(Cl)cc3)cc2C(F)(F)F)cn1. The van der Waals surface area contributed by atoms with E-state index in [-0.39, 0.29) is 16.9 Å². The third-order valence-corrected chi connectivity index (χ3v) is 4.22. The van der Waals surface area contributed by atoms with Crippen LogP contribution in [-0.4, -0.2) is 26.9 Å². The fourth-order valence-corrected chi connectivity index (χ4v) is 2.78. The predicted octanol–water partition coefficient (Wildman–Crippen LogP) is 5.07. The van der Waals surface area contributed by atoms with Gasteiger partial charge in [0.25, 0.3) is 0 Å². The lowest BCUT2D eigenvalue weighted by Gasteiger charge is -2.16. The molecule has 1 heterocycles. The summed E-state index contributed by atoms with van der Waals surface area (Å²) in [7, 11) is 1.51. The van der Waals surface area contributed by atoms with E-state index in [0.29, 0.717) is 11.1 Å². The molecule has 0 atom stereocenters. The molecule has 0 aliphatic heterocycles. The molecule has 0 aliphatic carbocycles. The van der Waals surface area contributed by atoms with Crippen LogP contribution in [0.25, 0.3) is 11.1 Å². The van der Waals surface area contributed by atoms with Gasteiger partial charge in [-0.05, 0) is 42.0 Å². The minimum atomic E-state index is -4.82. The number of carbonyl (C=O) groups is 2. The molecule has 1 aromatic heterocycles. The maximum Gasteiger partial charge on any atom is 0.417 e. The highest BCUT2D eigenvalue weighted by atomic mass is 35.5. The van der Waals surface area contributed by atoms with E-state index in [4.69, 9.17) is 16.3 Å². The summed E-state index contributed by atoms with van der Waals surface area (Å²) in [5, 5.41) is 15.7. The van der Waals surface area contributed by atoms with Gasteiger partial charge < -0.3 is 9.84 Å². The Labute approximate surface area is 172 Å². The van der Waals surface area contributed by atoms with Crippen molar-refractivity contribution < 1.29 is 32.6 Å². The second-order valence-corrected chi connectivity index (χ2v) is 6.55. The molecule has 0 spiro atoms. The van der Waals surface area contributed by atoms with Crippen LogP contribution in [0.15, 0.2) is 48.8 Å². The molecule has 2 N–H and O–H groups in total. The monoisotopic (exact) mass is 439 g/mol. The summed E-state index contributed by atoms with van der Waals surface area (Å²) in [5.74, 6) is -1.47. The number of halogens is 4. The minimum absolute atomic E-state index is 0.0665. The lowest BCUT2D eigenvalue weighted by molar-refractivity contribution is -0.137. The number of rotatable bonds is 4. The van der Waals surface area contributed by atoms with Crippen molar-refractivity contribution in [2.45, 2.75) is 6.18 Å². The Morgan fingerprint density at radius 2 is 1.87 bits per heavy atom. The van der Waals surface area contributed by atoms with Gasteiger partial charge in [0.15, 0.2) is 0 Å². The van der Waals surface area contributed by atoms with Crippen molar-refractivity contribution in [2.75, 3.05) is 5.32 Å². The second-order valence-electron chi connectivity index (χ2n) is 6.12. The van der Waals surface area contributed by atoms with E-state index in [2.05, 4.69) is 10.4 Å². The van der Waals surface area contributed by atoms with Crippen LogP contribution in [0.5, 0.6) is 5.75 Å². The van der Waals surface area contributed by atoms with Crippen molar-refractivity contribution in [2.24, 2.45) is 7.05 Å². The van der Waals surface area contributed by atoms with Gasteiger partial charge in [0.05, 0.1) is 23.0 Å². The number of carbonyl (C=O) groups excluding carboxylic acids is 1. The molecule has 0 fully saturated rings. The van der Waals surface area contributed by atoms with E-state index in [1.807, 2.05) is 0 Å². The molecule has 156 valence electrons. The van der Waals surface area contributed by atoms with E-state index in [0.717, 1.165) is 6.07 Å². The zero-order valence-corrected chi connectivity index (χ0v) is 16.0. The molecular weight excluding hydrogens is 427 g/mol. The van der Waals surface area contributed by atoms with Crippen LogP contribution < -0.4 is 10.1 Å². The Bertz CT molecular complexity index is 1110. The number of aromatic carboxylic acids is 1. The van der Waals surface area contributed by atoms with Crippen LogP contribution in [0.3, 0.4) is 0 Å². The second kappa shape index (κ2) is 8.07. The van der Waals surface area contributed by atoms with Crippen LogP contribution >= 0.6 is 11.6 Å². The number of alkyl halides is 3. The van der Waals surface area contributed by atoms with E-state index in [1.54, 1.807) is 0 Å². The number of anilines is 1. The average Bonchev–Trinajstić information content (AvgIpc) is 3.08. The summed E-state index contributed by atoms with van der Waals surface area (Å²) in [6, 6.07) is 7.00. The van der Waals surface area contributed by atoms with Crippen molar-refractivity contribution >= 4 is 29.4 Å². The predicted molar refractivity (Wildman–Crippen MR) is 102 cm³/mol. The number of hydrogen-bond donors (Lipinski definition) is 2. The number of aryl methyl sites for hydroxylation is 1. The number of nitrogens with zero attached hydrogens (tertiary/aromatic N) is 2. The fourth-order valence-electron chi connectivity index (χ4n) is 2.66. The molecule has 0 bridgehead atoms. The Morgan fingerprint density at radius 1 is 1.20 bits per heavy atom. The van der Waals surface area contributed by atoms with Gasteiger partial charge in [-0.25, -0.2) is 9.59 Å². The zero-order chi connectivity index (χ0) is 22.1. The normalized spacial score (nSPS) is 11.2. The lowest BCUT2D eigenvalue weighted by Crippen LogP contribution is -2.20. The summed E-state index contributed by atoms with van der Waals surface area (Å²) >= 11 is 5.73. The average molecular weight is 440 g/mol. The van der Waals surface area contributed by atoms with Gasteiger partial charge >= 0.3 is 18.2 Å². The molecule has 0 unspecified atom stereocenters. The molecule has 30 heavy (non-hydrogen) atoms. The molecule has 0 aliphatic rings. The molecule has 1 amide bonds. The molecule has 3 aromatic rings. The summed E-state index contributed by atoms with van der Waals surface area (Å²) in [4.78, 5) is 23.7. The first-order valence-corrected chi connectivity index (χ1v) is 8.64. The van der Waals surface area contributed by atoms with E-state index >= 15 is 0 Å². The molecule has 0 radical (unpaired) electrons. The Hall–Kier alpha value is -3.53. The minimum Gasteiger partial charge on any atom is -0.478 e. The van der Waals surface area contributed by atoms with Gasteiger partial charge in [-0.3, -0.25) is 10.00 Å². The number of nitrogens with one attached hydrogen (secondary N) is 1. The van der Waals surface area contributed by atoms with E-state index < -0.39 is 35.1 Å². The number of benzene rings is 2. The van der Waals surface area contributed by atoms with Gasteiger partial charge in [0, 0.05) is 23.8 Å². The number of ether oxygens (including phenoxy) is 1. The largest absolute Gasteiger partial charge is 0.478 e. The molecule has 2 aromatic carbocycles.